The van der Waals surface area contributed by atoms with Gasteiger partial charge in [0.2, 0.25) is 11.8 Å². The molecule has 2 heterocycles. The van der Waals surface area contributed by atoms with Gasteiger partial charge in [-0.05, 0) is 51.4 Å². The lowest BCUT2D eigenvalue weighted by atomic mass is 10.1. The molecule has 2 N–H and O–H groups in total. The zero-order valence-corrected chi connectivity index (χ0v) is 12.3. The minimum absolute atomic E-state index is 0.0180. The molecule has 1 aromatic carbocycles. The number of rotatable bonds is 3. The Hall–Kier alpha value is -2.14. The lowest BCUT2D eigenvalue weighted by Gasteiger charge is -2.11. The number of aromatic nitrogens is 1. The van der Waals surface area contributed by atoms with Crippen molar-refractivity contribution in [1.82, 2.24) is 10.3 Å². The van der Waals surface area contributed by atoms with Crippen LogP contribution in [-0.4, -0.2) is 23.5 Å². The summed E-state index contributed by atoms with van der Waals surface area (Å²) < 4.78 is 5.62. The fourth-order valence-corrected chi connectivity index (χ4v) is 2.46. The molecule has 0 radical (unpaired) electrons. The molecule has 1 aliphatic rings. The highest BCUT2D eigenvalue weighted by Crippen LogP contribution is 2.24. The van der Waals surface area contributed by atoms with E-state index in [4.69, 9.17) is 4.42 Å². The lowest BCUT2D eigenvalue weighted by Crippen LogP contribution is -2.35. The molecule has 1 atom stereocenters. The van der Waals surface area contributed by atoms with Crippen molar-refractivity contribution in [2.45, 2.75) is 32.7 Å². The third kappa shape index (κ3) is 2.97. The van der Waals surface area contributed by atoms with E-state index in [1.165, 1.54) is 0 Å². The quantitative estimate of drug-likeness (QED) is 0.909. The number of hydrogen-bond donors (Lipinski definition) is 2. The molecule has 21 heavy (non-hydrogen) atoms. The number of oxazole rings is 1. The van der Waals surface area contributed by atoms with Crippen molar-refractivity contribution in [3.05, 3.63) is 35.7 Å². The molecule has 3 rings (SSSR count). The van der Waals surface area contributed by atoms with E-state index in [9.17, 15) is 4.79 Å². The van der Waals surface area contributed by atoms with Crippen LogP contribution in [0.1, 0.15) is 24.3 Å². The molecule has 0 bridgehead atoms. The second kappa shape index (κ2) is 5.69. The standard InChI is InChI=1S/C16H19N3O2/c1-10-11(2)21-16(18-10)12-5-3-6-13(9-12)19-15(20)14-7-4-8-17-14/h3,5-6,9,14,17H,4,7-8H2,1-2H3,(H,19,20). The number of aryl methyl sites for hydroxylation is 2. The number of nitrogens with one attached hydrogen (secondary N) is 2. The van der Waals surface area contributed by atoms with Crippen molar-refractivity contribution >= 4 is 11.6 Å². The Bertz CT molecular complexity index is 638. The molecule has 1 fully saturated rings. The normalized spacial score (nSPS) is 17.9. The molecule has 1 aliphatic heterocycles. The molecule has 0 spiro atoms. The Morgan fingerprint density at radius 1 is 1.43 bits per heavy atom. The number of carbonyl (C=O) groups is 1. The van der Waals surface area contributed by atoms with Crippen molar-refractivity contribution in [1.29, 1.82) is 0 Å². The SMILES string of the molecule is Cc1nc(-c2cccc(NC(=O)C3CCCN3)c2)oc1C. The number of carbonyl (C=O) groups excluding carboxylic acids is 1. The van der Waals surface area contributed by atoms with Gasteiger partial charge in [0, 0.05) is 11.3 Å². The van der Waals surface area contributed by atoms with E-state index in [0.717, 1.165) is 42.1 Å². The van der Waals surface area contributed by atoms with E-state index in [1.54, 1.807) is 0 Å². The molecule has 2 aromatic rings. The van der Waals surface area contributed by atoms with E-state index >= 15 is 0 Å². The monoisotopic (exact) mass is 285 g/mol. The van der Waals surface area contributed by atoms with Gasteiger partial charge < -0.3 is 15.1 Å². The first-order valence-electron chi connectivity index (χ1n) is 7.22. The summed E-state index contributed by atoms with van der Waals surface area (Å²) in [6.45, 7) is 4.72. The van der Waals surface area contributed by atoms with Crippen molar-refractivity contribution < 1.29 is 9.21 Å². The van der Waals surface area contributed by atoms with Gasteiger partial charge in [0.25, 0.3) is 0 Å². The lowest BCUT2D eigenvalue weighted by molar-refractivity contribution is -0.117. The Labute approximate surface area is 123 Å². The smallest absolute Gasteiger partial charge is 0.241 e. The van der Waals surface area contributed by atoms with Crippen LogP contribution in [0.25, 0.3) is 11.5 Å². The molecular formula is C16H19N3O2. The second-order valence-electron chi connectivity index (χ2n) is 5.38. The maximum atomic E-state index is 12.1. The Balaban J connectivity index is 1.78. The summed E-state index contributed by atoms with van der Waals surface area (Å²) in [5.74, 6) is 1.42. The largest absolute Gasteiger partial charge is 0.441 e. The number of hydrogen-bond acceptors (Lipinski definition) is 4. The maximum Gasteiger partial charge on any atom is 0.241 e. The molecule has 0 saturated carbocycles. The molecule has 5 nitrogen and oxygen atoms in total. The van der Waals surface area contributed by atoms with Crippen LogP contribution >= 0.6 is 0 Å². The summed E-state index contributed by atoms with van der Waals surface area (Å²) in [4.78, 5) is 16.5. The van der Waals surface area contributed by atoms with Crippen LogP contribution in [-0.2, 0) is 4.79 Å². The second-order valence-corrected chi connectivity index (χ2v) is 5.38. The van der Waals surface area contributed by atoms with Gasteiger partial charge in [-0.1, -0.05) is 6.07 Å². The highest BCUT2D eigenvalue weighted by molar-refractivity contribution is 5.95. The molecule has 1 unspecified atom stereocenters. The van der Waals surface area contributed by atoms with Gasteiger partial charge >= 0.3 is 0 Å². The van der Waals surface area contributed by atoms with E-state index in [-0.39, 0.29) is 11.9 Å². The molecule has 1 aromatic heterocycles. The Kier molecular flexibility index (Phi) is 3.75. The average Bonchev–Trinajstić information content (AvgIpc) is 3.10. The van der Waals surface area contributed by atoms with Gasteiger partial charge in [-0.15, -0.1) is 0 Å². The number of benzene rings is 1. The highest BCUT2D eigenvalue weighted by atomic mass is 16.4. The first-order valence-corrected chi connectivity index (χ1v) is 7.22. The predicted octanol–water partition coefficient (Wildman–Crippen LogP) is 2.65. The number of nitrogens with zero attached hydrogens (tertiary/aromatic N) is 1. The number of anilines is 1. The van der Waals surface area contributed by atoms with Crippen molar-refractivity contribution in [2.24, 2.45) is 0 Å². The summed E-state index contributed by atoms with van der Waals surface area (Å²) in [5, 5.41) is 6.14. The van der Waals surface area contributed by atoms with Gasteiger partial charge in [0.05, 0.1) is 11.7 Å². The molecule has 1 amide bonds. The first kappa shape index (κ1) is 13.8. The van der Waals surface area contributed by atoms with Gasteiger partial charge in [-0.3, -0.25) is 4.79 Å². The van der Waals surface area contributed by atoms with Gasteiger partial charge in [0.15, 0.2) is 0 Å². The van der Waals surface area contributed by atoms with Crippen LogP contribution in [0, 0.1) is 13.8 Å². The van der Waals surface area contributed by atoms with Crippen LogP contribution < -0.4 is 10.6 Å². The van der Waals surface area contributed by atoms with Gasteiger partial charge in [-0.25, -0.2) is 4.98 Å². The van der Waals surface area contributed by atoms with E-state index < -0.39 is 0 Å². The minimum atomic E-state index is -0.0834. The topological polar surface area (TPSA) is 67.2 Å². The Morgan fingerprint density at radius 2 is 2.29 bits per heavy atom. The van der Waals surface area contributed by atoms with Crippen LogP contribution in [0.5, 0.6) is 0 Å². The summed E-state index contributed by atoms with van der Waals surface area (Å²) in [5.41, 5.74) is 2.51. The summed E-state index contributed by atoms with van der Waals surface area (Å²) >= 11 is 0. The van der Waals surface area contributed by atoms with Crippen LogP contribution in [0.2, 0.25) is 0 Å². The van der Waals surface area contributed by atoms with Crippen LogP contribution in [0.3, 0.4) is 0 Å². The van der Waals surface area contributed by atoms with Crippen LogP contribution in [0.15, 0.2) is 28.7 Å². The van der Waals surface area contributed by atoms with Gasteiger partial charge in [-0.2, -0.15) is 0 Å². The summed E-state index contributed by atoms with van der Waals surface area (Å²) in [6.07, 6.45) is 1.94. The van der Waals surface area contributed by atoms with Crippen molar-refractivity contribution in [2.75, 3.05) is 11.9 Å². The number of amides is 1. The highest BCUT2D eigenvalue weighted by Gasteiger charge is 2.22. The van der Waals surface area contributed by atoms with E-state index in [1.807, 2.05) is 38.1 Å². The zero-order chi connectivity index (χ0) is 14.8. The third-order valence-electron chi connectivity index (χ3n) is 3.78. The predicted molar refractivity (Wildman–Crippen MR) is 81.1 cm³/mol. The molecule has 1 saturated heterocycles. The van der Waals surface area contributed by atoms with Crippen molar-refractivity contribution in [3.8, 4) is 11.5 Å². The average molecular weight is 285 g/mol. The van der Waals surface area contributed by atoms with Crippen molar-refractivity contribution in [3.63, 3.8) is 0 Å². The summed E-state index contributed by atoms with van der Waals surface area (Å²) in [6, 6.07) is 7.49. The molecule has 5 heteroatoms. The maximum absolute atomic E-state index is 12.1. The molecule has 0 aliphatic carbocycles. The third-order valence-corrected chi connectivity index (χ3v) is 3.78. The Morgan fingerprint density at radius 3 is 2.95 bits per heavy atom. The fourth-order valence-electron chi connectivity index (χ4n) is 2.46. The van der Waals surface area contributed by atoms with E-state index in [2.05, 4.69) is 15.6 Å². The van der Waals surface area contributed by atoms with Gasteiger partial charge in [0.1, 0.15) is 5.76 Å². The first-order chi connectivity index (χ1) is 10.1. The zero-order valence-electron chi connectivity index (χ0n) is 12.3. The van der Waals surface area contributed by atoms with E-state index in [0.29, 0.717) is 5.89 Å². The fraction of sp³-hybridized carbons (Fsp3) is 0.375. The molecule has 110 valence electrons. The minimum Gasteiger partial charge on any atom is -0.441 e. The van der Waals surface area contributed by atoms with Crippen LogP contribution in [0.4, 0.5) is 5.69 Å². The molecular weight excluding hydrogens is 266 g/mol. The summed E-state index contributed by atoms with van der Waals surface area (Å²) in [7, 11) is 0.